The van der Waals surface area contributed by atoms with Crippen molar-refractivity contribution >= 4 is 5.84 Å². The zero-order valence-corrected chi connectivity index (χ0v) is 15.1. The van der Waals surface area contributed by atoms with Crippen LogP contribution in [0.2, 0.25) is 0 Å². The molecule has 1 fully saturated rings. The van der Waals surface area contributed by atoms with Crippen molar-refractivity contribution < 1.29 is 18.3 Å². The van der Waals surface area contributed by atoms with E-state index in [4.69, 9.17) is 0 Å². The summed E-state index contributed by atoms with van der Waals surface area (Å²) in [5.74, 6) is 1.15. The van der Waals surface area contributed by atoms with Gasteiger partial charge in [0.25, 0.3) is 0 Å². The van der Waals surface area contributed by atoms with Crippen LogP contribution in [-0.4, -0.2) is 70.4 Å². The Hall–Kier alpha value is -1.44. The van der Waals surface area contributed by atoms with Crippen LogP contribution in [0, 0.1) is 5.92 Å². The van der Waals surface area contributed by atoms with Gasteiger partial charge in [-0.1, -0.05) is 0 Å². The summed E-state index contributed by atoms with van der Waals surface area (Å²) in [6.45, 7) is 6.29. The fraction of sp³-hybridized carbons (Fsp3) is 0.824. The molecule has 2 aliphatic heterocycles. The van der Waals surface area contributed by atoms with Crippen molar-refractivity contribution in [1.82, 2.24) is 14.7 Å². The molecule has 0 spiro atoms. The Morgan fingerprint density at radius 3 is 2.52 bits per heavy atom. The van der Waals surface area contributed by atoms with Crippen molar-refractivity contribution in [2.24, 2.45) is 10.9 Å². The van der Waals surface area contributed by atoms with Gasteiger partial charge in [-0.05, 0) is 45.4 Å². The van der Waals surface area contributed by atoms with E-state index in [2.05, 4.69) is 39.7 Å². The van der Waals surface area contributed by atoms with Crippen molar-refractivity contribution in [2.75, 3.05) is 26.9 Å². The number of amidine groups is 1. The van der Waals surface area contributed by atoms with Crippen molar-refractivity contribution in [1.29, 1.82) is 0 Å². The number of aliphatic hydroxyl groups is 1. The molecule has 3 rings (SSSR count). The molecule has 0 aromatic rings. The lowest BCUT2D eigenvalue weighted by Crippen LogP contribution is -2.50. The zero-order chi connectivity index (χ0) is 18.4. The van der Waals surface area contributed by atoms with Crippen molar-refractivity contribution in [3.05, 3.63) is 11.9 Å². The number of hydrogen-bond acceptors (Lipinski definition) is 5. The molecule has 2 heterocycles. The van der Waals surface area contributed by atoms with E-state index in [0.717, 1.165) is 11.5 Å². The molecule has 0 aromatic carbocycles. The summed E-state index contributed by atoms with van der Waals surface area (Å²) in [5, 5.41) is 9.81. The molecule has 0 radical (unpaired) electrons. The first-order valence-electron chi connectivity index (χ1n) is 8.88. The molecular formula is C17H27F3N4O. The Bertz CT molecular complexity index is 565. The van der Waals surface area contributed by atoms with Gasteiger partial charge in [0.2, 0.25) is 0 Å². The summed E-state index contributed by atoms with van der Waals surface area (Å²) < 4.78 is 38.8. The molecule has 3 aliphatic rings. The third-order valence-electron chi connectivity index (χ3n) is 5.55. The molecular weight excluding hydrogens is 333 g/mol. The van der Waals surface area contributed by atoms with Crippen LogP contribution >= 0.6 is 0 Å². The number of aliphatic imine (C=N–C) groups is 1. The van der Waals surface area contributed by atoms with Gasteiger partial charge < -0.3 is 19.8 Å². The Labute approximate surface area is 146 Å². The summed E-state index contributed by atoms with van der Waals surface area (Å²) in [7, 11) is 1.99. The molecule has 142 valence electrons. The number of hydrogen-bond donors (Lipinski definition) is 1. The van der Waals surface area contributed by atoms with Crippen LogP contribution in [0.15, 0.2) is 16.9 Å². The smallest absolute Gasteiger partial charge is 0.380 e. The number of likely N-dealkylation sites (N-methyl/N-ethyl adjacent to an activating group) is 1. The average Bonchev–Trinajstić information content (AvgIpc) is 2.93. The summed E-state index contributed by atoms with van der Waals surface area (Å²) in [6.07, 6.45) is -2.05. The maximum atomic E-state index is 12.9. The molecule has 8 heteroatoms. The molecule has 1 N–H and O–H groups in total. The van der Waals surface area contributed by atoms with Gasteiger partial charge >= 0.3 is 6.18 Å². The normalized spacial score (nSPS) is 30.6. The van der Waals surface area contributed by atoms with E-state index in [1.54, 1.807) is 0 Å². The molecule has 0 saturated heterocycles. The predicted octanol–water partition coefficient (Wildman–Crippen LogP) is 2.60. The lowest BCUT2D eigenvalue weighted by molar-refractivity contribution is -0.272. The van der Waals surface area contributed by atoms with Crippen LogP contribution in [0.4, 0.5) is 13.2 Å². The second-order valence-electron chi connectivity index (χ2n) is 7.78. The van der Waals surface area contributed by atoms with Gasteiger partial charge in [0.05, 0.1) is 12.4 Å². The molecule has 1 saturated carbocycles. The van der Waals surface area contributed by atoms with Gasteiger partial charge in [-0.25, -0.2) is 4.99 Å². The van der Waals surface area contributed by atoms with Crippen LogP contribution in [0.25, 0.3) is 0 Å². The minimum Gasteiger partial charge on any atom is -0.380 e. The van der Waals surface area contributed by atoms with Gasteiger partial charge in [0, 0.05) is 25.8 Å². The van der Waals surface area contributed by atoms with Crippen LogP contribution in [0.3, 0.4) is 0 Å². The van der Waals surface area contributed by atoms with E-state index in [9.17, 15) is 18.3 Å². The SMILES string of the molecule is CC(C)N1CN=C2C1=CN(CC1CCC(O)(C(F)(F)F)CC1)CN2C. The molecule has 0 atom stereocenters. The Balaban J connectivity index is 1.64. The number of rotatable bonds is 3. The standard InChI is InChI=1S/C17H27F3N4O/c1-12(2)24-10-21-15-14(24)9-23(11-22(15)3)8-13-4-6-16(25,7-5-13)17(18,19)20/h9,12-13,25H,4-8,10-11H2,1-3H3. The fourth-order valence-corrected chi connectivity index (χ4v) is 3.93. The Morgan fingerprint density at radius 1 is 1.32 bits per heavy atom. The summed E-state index contributed by atoms with van der Waals surface area (Å²) in [6, 6.07) is 0.345. The Morgan fingerprint density at radius 2 is 1.96 bits per heavy atom. The van der Waals surface area contributed by atoms with Gasteiger partial charge in [0.15, 0.2) is 11.4 Å². The van der Waals surface area contributed by atoms with Crippen molar-refractivity contribution in [3.63, 3.8) is 0 Å². The fourth-order valence-electron chi connectivity index (χ4n) is 3.93. The van der Waals surface area contributed by atoms with Crippen LogP contribution in [0.1, 0.15) is 39.5 Å². The van der Waals surface area contributed by atoms with Gasteiger partial charge in [-0.3, -0.25) is 0 Å². The van der Waals surface area contributed by atoms with E-state index in [1.165, 1.54) is 0 Å². The summed E-state index contributed by atoms with van der Waals surface area (Å²) in [4.78, 5) is 11.1. The summed E-state index contributed by atoms with van der Waals surface area (Å²) in [5.41, 5.74) is -1.41. The first-order valence-corrected chi connectivity index (χ1v) is 8.88. The molecule has 5 nitrogen and oxygen atoms in total. The van der Waals surface area contributed by atoms with Crippen molar-refractivity contribution in [3.8, 4) is 0 Å². The topological polar surface area (TPSA) is 42.3 Å². The quantitative estimate of drug-likeness (QED) is 0.840. The monoisotopic (exact) mass is 360 g/mol. The number of nitrogens with zero attached hydrogens (tertiary/aromatic N) is 4. The number of fused-ring (bicyclic) bond motifs is 1. The maximum Gasteiger partial charge on any atom is 0.417 e. The van der Waals surface area contributed by atoms with E-state index in [-0.39, 0.29) is 18.8 Å². The minimum absolute atomic E-state index is 0.167. The van der Waals surface area contributed by atoms with Crippen LogP contribution in [-0.2, 0) is 0 Å². The molecule has 0 aromatic heterocycles. The van der Waals surface area contributed by atoms with Gasteiger partial charge in [0.1, 0.15) is 6.67 Å². The first kappa shape index (κ1) is 18.4. The highest BCUT2D eigenvalue weighted by Crippen LogP contribution is 2.43. The molecule has 25 heavy (non-hydrogen) atoms. The maximum absolute atomic E-state index is 12.9. The largest absolute Gasteiger partial charge is 0.417 e. The predicted molar refractivity (Wildman–Crippen MR) is 89.7 cm³/mol. The highest BCUT2D eigenvalue weighted by Gasteiger charge is 2.54. The molecule has 0 bridgehead atoms. The highest BCUT2D eigenvalue weighted by molar-refractivity contribution is 5.99. The zero-order valence-electron chi connectivity index (χ0n) is 15.1. The highest BCUT2D eigenvalue weighted by atomic mass is 19.4. The number of halogens is 3. The molecule has 1 aliphatic carbocycles. The van der Waals surface area contributed by atoms with Gasteiger partial charge in [-0.2, -0.15) is 13.2 Å². The number of alkyl halides is 3. The third-order valence-corrected chi connectivity index (χ3v) is 5.55. The van der Waals surface area contributed by atoms with Crippen molar-refractivity contribution in [2.45, 2.75) is 57.3 Å². The second-order valence-corrected chi connectivity index (χ2v) is 7.78. The molecule has 0 amide bonds. The lowest BCUT2D eigenvalue weighted by Gasteiger charge is -2.41. The second kappa shape index (κ2) is 6.37. The van der Waals surface area contributed by atoms with E-state index in [1.807, 2.05) is 7.05 Å². The average molecular weight is 360 g/mol. The van der Waals surface area contributed by atoms with E-state index >= 15 is 0 Å². The molecule has 0 unspecified atom stereocenters. The first-order chi connectivity index (χ1) is 11.6. The minimum atomic E-state index is -4.53. The Kier molecular flexibility index (Phi) is 4.68. The van der Waals surface area contributed by atoms with Crippen LogP contribution in [0.5, 0.6) is 0 Å². The summed E-state index contributed by atoms with van der Waals surface area (Å²) >= 11 is 0. The lowest BCUT2D eigenvalue weighted by atomic mass is 9.78. The van der Waals surface area contributed by atoms with E-state index in [0.29, 0.717) is 38.8 Å². The van der Waals surface area contributed by atoms with Crippen LogP contribution < -0.4 is 0 Å². The van der Waals surface area contributed by atoms with Gasteiger partial charge in [-0.15, -0.1) is 0 Å². The third kappa shape index (κ3) is 3.45. The van der Waals surface area contributed by atoms with E-state index < -0.39 is 11.8 Å².